The Labute approximate surface area is 197 Å². The van der Waals surface area contributed by atoms with Gasteiger partial charge in [0, 0.05) is 37.5 Å². The molecule has 5 nitrogen and oxygen atoms in total. The molecule has 2 aliphatic heterocycles. The van der Waals surface area contributed by atoms with Crippen molar-refractivity contribution < 1.29 is 17.9 Å². The van der Waals surface area contributed by atoms with Crippen molar-refractivity contribution in [2.24, 2.45) is 4.99 Å². The van der Waals surface area contributed by atoms with Gasteiger partial charge >= 0.3 is 6.18 Å². The van der Waals surface area contributed by atoms with Gasteiger partial charge in [0.2, 0.25) is 0 Å². The lowest BCUT2D eigenvalue weighted by Crippen LogP contribution is -2.60. The lowest BCUT2D eigenvalue weighted by atomic mass is 9.95. The molecule has 1 aromatic carbocycles. The Hall–Kier alpha value is -0.720. The van der Waals surface area contributed by atoms with Crippen molar-refractivity contribution >= 4 is 41.7 Å². The summed E-state index contributed by atoms with van der Waals surface area (Å²) in [7, 11) is 0. The molecule has 0 spiro atoms. The third-order valence-electron chi connectivity index (χ3n) is 5.37. The van der Waals surface area contributed by atoms with Crippen molar-refractivity contribution in [2.75, 3.05) is 50.9 Å². The molecular formula is C20H30F3IN4OS. The number of hydrogen-bond acceptors (Lipinski definition) is 4. The molecule has 2 N–H and O–H groups in total. The molecule has 3 rings (SSSR count). The van der Waals surface area contributed by atoms with Crippen LogP contribution in [0.4, 0.5) is 13.2 Å². The number of alkyl halides is 3. The summed E-state index contributed by atoms with van der Waals surface area (Å²) >= 11 is 1.96. The van der Waals surface area contributed by atoms with E-state index >= 15 is 0 Å². The average Bonchev–Trinajstić information content (AvgIpc) is 3.21. The molecule has 2 saturated heterocycles. The minimum atomic E-state index is -4.34. The maximum absolute atomic E-state index is 12.9. The molecule has 0 aliphatic carbocycles. The van der Waals surface area contributed by atoms with Crippen molar-refractivity contribution in [3.05, 3.63) is 35.4 Å². The van der Waals surface area contributed by atoms with Gasteiger partial charge in [0.15, 0.2) is 5.96 Å². The van der Waals surface area contributed by atoms with E-state index in [9.17, 15) is 13.2 Å². The zero-order chi connectivity index (χ0) is 20.7. The van der Waals surface area contributed by atoms with Gasteiger partial charge < -0.3 is 15.4 Å². The number of morpholine rings is 1. The smallest absolute Gasteiger partial charge is 0.379 e. The summed E-state index contributed by atoms with van der Waals surface area (Å²) in [6, 6.07) is 5.35. The van der Waals surface area contributed by atoms with Gasteiger partial charge in [0.1, 0.15) is 0 Å². The molecule has 30 heavy (non-hydrogen) atoms. The van der Waals surface area contributed by atoms with Gasteiger partial charge in [-0.2, -0.15) is 24.9 Å². The summed E-state index contributed by atoms with van der Waals surface area (Å²) in [6.07, 6.45) is -3.23. The van der Waals surface area contributed by atoms with E-state index in [1.165, 1.54) is 6.07 Å². The van der Waals surface area contributed by atoms with E-state index in [0.717, 1.165) is 62.9 Å². The molecule has 2 heterocycles. The molecule has 10 heteroatoms. The molecule has 0 amide bonds. The third-order valence-corrected chi connectivity index (χ3v) is 6.60. The largest absolute Gasteiger partial charge is 0.416 e. The number of hydrogen-bond donors (Lipinski definition) is 2. The normalized spacial score (nSPS) is 23.1. The molecular weight excluding hydrogens is 528 g/mol. The minimum absolute atomic E-state index is 0. The average molecular weight is 558 g/mol. The summed E-state index contributed by atoms with van der Waals surface area (Å²) in [6.45, 7) is 7.00. The molecule has 0 bridgehead atoms. The van der Waals surface area contributed by atoms with Crippen LogP contribution in [0, 0.1) is 0 Å². The summed E-state index contributed by atoms with van der Waals surface area (Å²) in [5.41, 5.74) is -0.0327. The Morgan fingerprint density at radius 2 is 2.03 bits per heavy atom. The molecule has 2 fully saturated rings. The number of nitrogens with one attached hydrogen (secondary N) is 2. The van der Waals surface area contributed by atoms with Crippen LogP contribution in [0.25, 0.3) is 0 Å². The van der Waals surface area contributed by atoms with Gasteiger partial charge in [0.05, 0.1) is 25.3 Å². The number of ether oxygens (including phenoxy) is 1. The van der Waals surface area contributed by atoms with Crippen molar-refractivity contribution in [3.63, 3.8) is 0 Å². The number of benzene rings is 1. The Morgan fingerprint density at radius 1 is 1.27 bits per heavy atom. The van der Waals surface area contributed by atoms with Crippen molar-refractivity contribution in [3.8, 4) is 0 Å². The van der Waals surface area contributed by atoms with E-state index in [4.69, 9.17) is 4.74 Å². The molecule has 0 saturated carbocycles. The van der Waals surface area contributed by atoms with E-state index in [1.54, 1.807) is 6.07 Å². The number of thioether (sulfide) groups is 1. The van der Waals surface area contributed by atoms with Gasteiger partial charge in [-0.25, -0.2) is 4.99 Å². The number of nitrogens with zero attached hydrogens (tertiary/aromatic N) is 2. The molecule has 0 aromatic heterocycles. The Balaban J connectivity index is 0.00000320. The zero-order valence-corrected chi connectivity index (χ0v) is 20.3. The van der Waals surface area contributed by atoms with Gasteiger partial charge in [-0.05, 0) is 36.8 Å². The Kier molecular flexibility index (Phi) is 10.0. The Bertz CT molecular complexity index is 693. The van der Waals surface area contributed by atoms with E-state index in [1.807, 2.05) is 18.7 Å². The van der Waals surface area contributed by atoms with Gasteiger partial charge in [-0.3, -0.25) is 4.90 Å². The quantitative estimate of drug-likeness (QED) is 0.318. The number of aliphatic imine (C=N–C) groups is 1. The third kappa shape index (κ3) is 6.89. The van der Waals surface area contributed by atoms with E-state index < -0.39 is 11.7 Å². The van der Waals surface area contributed by atoms with Crippen LogP contribution in [0.2, 0.25) is 0 Å². The second-order valence-electron chi connectivity index (χ2n) is 7.37. The summed E-state index contributed by atoms with van der Waals surface area (Å²) < 4.78 is 44.3. The predicted molar refractivity (Wildman–Crippen MR) is 127 cm³/mol. The molecule has 1 atom stereocenters. The van der Waals surface area contributed by atoms with Crippen LogP contribution in [-0.2, 0) is 17.5 Å². The highest BCUT2D eigenvalue weighted by Gasteiger charge is 2.40. The Morgan fingerprint density at radius 3 is 2.67 bits per heavy atom. The lowest BCUT2D eigenvalue weighted by Gasteiger charge is -2.43. The maximum atomic E-state index is 12.9. The van der Waals surface area contributed by atoms with Gasteiger partial charge in [-0.1, -0.05) is 12.1 Å². The minimum Gasteiger partial charge on any atom is -0.379 e. The highest BCUT2D eigenvalue weighted by molar-refractivity contribution is 14.0. The SMILES string of the molecule is CCNC(=NCc1cccc(C(F)(F)F)c1)NCC1(N2CCOCC2)CCSC1.I. The first-order valence-corrected chi connectivity index (χ1v) is 11.2. The lowest BCUT2D eigenvalue weighted by molar-refractivity contribution is -0.137. The topological polar surface area (TPSA) is 48.9 Å². The van der Waals surface area contributed by atoms with Crippen LogP contribution < -0.4 is 10.6 Å². The van der Waals surface area contributed by atoms with E-state index in [2.05, 4.69) is 20.5 Å². The van der Waals surface area contributed by atoms with Crippen LogP contribution in [0.5, 0.6) is 0 Å². The van der Waals surface area contributed by atoms with Crippen molar-refractivity contribution in [1.29, 1.82) is 0 Å². The van der Waals surface area contributed by atoms with Crippen LogP contribution in [-0.4, -0.2) is 67.3 Å². The highest BCUT2D eigenvalue weighted by atomic mass is 127. The first-order valence-electron chi connectivity index (χ1n) is 10.0. The van der Waals surface area contributed by atoms with Crippen LogP contribution in [0.15, 0.2) is 29.3 Å². The number of halogens is 4. The fraction of sp³-hybridized carbons (Fsp3) is 0.650. The van der Waals surface area contributed by atoms with E-state index in [-0.39, 0.29) is 36.1 Å². The first-order chi connectivity index (χ1) is 13.9. The van der Waals surface area contributed by atoms with E-state index in [0.29, 0.717) is 18.1 Å². The standard InChI is InChI=1S/C20H29F3N4OS.HI/c1-2-24-18(25-13-16-4-3-5-17(12-16)20(21,22)23)26-14-19(6-11-29-15-19)27-7-9-28-10-8-27;/h3-5,12H,2,6-11,13-15H2,1H3,(H2,24,25,26);1H. The van der Waals surface area contributed by atoms with Crippen molar-refractivity contribution in [2.45, 2.75) is 31.6 Å². The van der Waals surface area contributed by atoms with Gasteiger partial charge in [0.25, 0.3) is 0 Å². The van der Waals surface area contributed by atoms with Crippen molar-refractivity contribution in [1.82, 2.24) is 15.5 Å². The fourth-order valence-electron chi connectivity index (χ4n) is 3.74. The van der Waals surface area contributed by atoms with Crippen LogP contribution in [0.1, 0.15) is 24.5 Å². The predicted octanol–water partition coefficient (Wildman–Crippen LogP) is 3.59. The second kappa shape index (κ2) is 11.8. The molecule has 1 aromatic rings. The van der Waals surface area contributed by atoms with Gasteiger partial charge in [-0.15, -0.1) is 24.0 Å². The zero-order valence-electron chi connectivity index (χ0n) is 17.1. The second-order valence-corrected chi connectivity index (χ2v) is 8.48. The molecule has 1 unspecified atom stereocenters. The fourth-order valence-corrected chi connectivity index (χ4v) is 5.22. The van der Waals surface area contributed by atoms with Crippen LogP contribution >= 0.6 is 35.7 Å². The summed E-state index contributed by atoms with van der Waals surface area (Å²) in [5, 5.41) is 6.65. The highest BCUT2D eigenvalue weighted by Crippen LogP contribution is 2.33. The maximum Gasteiger partial charge on any atom is 0.416 e. The monoisotopic (exact) mass is 558 g/mol. The summed E-state index contributed by atoms with van der Waals surface area (Å²) in [4.78, 5) is 7.03. The first kappa shape index (κ1) is 25.5. The molecule has 170 valence electrons. The number of guanidine groups is 1. The molecule has 0 radical (unpaired) electrons. The van der Waals surface area contributed by atoms with Crippen LogP contribution in [0.3, 0.4) is 0 Å². The number of rotatable bonds is 6. The summed E-state index contributed by atoms with van der Waals surface area (Å²) in [5.74, 6) is 2.83. The molecule has 2 aliphatic rings.